The number of fused-ring (bicyclic) bond motifs is 2. The number of nitrogens with one attached hydrogen (secondary N) is 1. The van der Waals surface area contributed by atoms with Gasteiger partial charge in [-0.25, -0.2) is 9.97 Å². The van der Waals surface area contributed by atoms with Crippen molar-refractivity contribution in [2.75, 3.05) is 11.1 Å². The van der Waals surface area contributed by atoms with Crippen molar-refractivity contribution >= 4 is 39.0 Å². The minimum absolute atomic E-state index is 0.0248. The molecule has 0 aromatic carbocycles. The molecule has 1 aliphatic carbocycles. The molecule has 0 spiro atoms. The SMILES string of the molecule is CCC(C)(C)C1CCc2nc3sc(C(=O)Nc4ccc(C(F)(F)F)cn4)c(N)c3cc2C1. The van der Waals surface area contributed by atoms with Crippen LogP contribution in [0, 0.1) is 11.3 Å². The Balaban J connectivity index is 1.59. The van der Waals surface area contributed by atoms with Crippen molar-refractivity contribution < 1.29 is 18.0 Å². The largest absolute Gasteiger partial charge is 0.417 e. The molecule has 0 saturated carbocycles. The molecule has 0 saturated heterocycles. The van der Waals surface area contributed by atoms with Crippen LogP contribution in [-0.2, 0) is 19.0 Å². The van der Waals surface area contributed by atoms with Gasteiger partial charge in [0.05, 0.1) is 11.3 Å². The number of carbonyl (C=O) groups excluding carboxylic acids is 1. The quantitative estimate of drug-likeness (QED) is 0.492. The Bertz CT molecular complexity index is 1170. The third kappa shape index (κ3) is 4.18. The van der Waals surface area contributed by atoms with Gasteiger partial charge in [-0.2, -0.15) is 13.2 Å². The predicted octanol–water partition coefficient (Wildman–Crippen LogP) is 6.09. The van der Waals surface area contributed by atoms with Crippen molar-refractivity contribution in [3.05, 3.63) is 46.1 Å². The Morgan fingerprint density at radius 3 is 2.69 bits per heavy atom. The molecule has 1 unspecified atom stereocenters. The Morgan fingerprint density at radius 1 is 1.31 bits per heavy atom. The third-order valence-electron chi connectivity index (χ3n) is 6.64. The lowest BCUT2D eigenvalue weighted by Crippen LogP contribution is -2.29. The number of nitrogen functional groups attached to an aromatic ring is 1. The zero-order valence-corrected chi connectivity index (χ0v) is 19.0. The number of nitrogens with zero attached hydrogens (tertiary/aromatic N) is 2. The van der Waals surface area contributed by atoms with Gasteiger partial charge in [0.15, 0.2) is 0 Å². The van der Waals surface area contributed by atoms with E-state index in [4.69, 9.17) is 10.7 Å². The van der Waals surface area contributed by atoms with E-state index < -0.39 is 17.6 Å². The first-order chi connectivity index (χ1) is 15.0. The van der Waals surface area contributed by atoms with Gasteiger partial charge in [0, 0.05) is 17.3 Å². The van der Waals surface area contributed by atoms with Gasteiger partial charge in [-0.3, -0.25) is 4.79 Å². The molecule has 3 heterocycles. The van der Waals surface area contributed by atoms with E-state index in [9.17, 15) is 18.0 Å². The molecule has 0 radical (unpaired) electrons. The van der Waals surface area contributed by atoms with Gasteiger partial charge in [0.1, 0.15) is 15.5 Å². The number of hydrogen-bond donors (Lipinski definition) is 2. The molecule has 0 fully saturated rings. The van der Waals surface area contributed by atoms with Crippen LogP contribution in [0.1, 0.15) is 60.1 Å². The molecule has 0 bridgehead atoms. The summed E-state index contributed by atoms with van der Waals surface area (Å²) in [6.07, 6.45) is 0.223. The monoisotopic (exact) mass is 462 g/mol. The number of carbonyl (C=O) groups is 1. The van der Waals surface area contributed by atoms with Crippen LogP contribution in [-0.4, -0.2) is 15.9 Å². The fourth-order valence-electron chi connectivity index (χ4n) is 4.12. The van der Waals surface area contributed by atoms with E-state index in [0.717, 1.165) is 48.9 Å². The van der Waals surface area contributed by atoms with Gasteiger partial charge < -0.3 is 11.1 Å². The number of aryl methyl sites for hydroxylation is 1. The summed E-state index contributed by atoms with van der Waals surface area (Å²) < 4.78 is 38.1. The summed E-state index contributed by atoms with van der Waals surface area (Å²) >= 11 is 1.19. The van der Waals surface area contributed by atoms with Gasteiger partial charge in [0.2, 0.25) is 0 Å². The topological polar surface area (TPSA) is 80.9 Å². The van der Waals surface area contributed by atoms with Crippen LogP contribution in [0.4, 0.5) is 24.7 Å². The number of thiophene rings is 1. The number of aromatic nitrogens is 2. The predicted molar refractivity (Wildman–Crippen MR) is 121 cm³/mol. The van der Waals surface area contributed by atoms with E-state index in [-0.39, 0.29) is 16.1 Å². The summed E-state index contributed by atoms with van der Waals surface area (Å²) in [6.45, 7) is 6.81. The highest BCUT2D eigenvalue weighted by Gasteiger charge is 2.33. The van der Waals surface area contributed by atoms with Gasteiger partial charge in [-0.1, -0.05) is 27.2 Å². The van der Waals surface area contributed by atoms with Gasteiger partial charge in [0.25, 0.3) is 5.91 Å². The van der Waals surface area contributed by atoms with Crippen molar-refractivity contribution in [2.24, 2.45) is 11.3 Å². The molecule has 1 amide bonds. The highest BCUT2D eigenvalue weighted by atomic mass is 32.1. The maximum Gasteiger partial charge on any atom is 0.417 e. The molecule has 3 aromatic heterocycles. The molecular formula is C23H25F3N4OS. The normalized spacial score (nSPS) is 16.8. The molecule has 1 aliphatic rings. The van der Waals surface area contributed by atoms with E-state index in [1.54, 1.807) is 0 Å². The fourth-order valence-corrected chi connectivity index (χ4v) is 5.11. The maximum absolute atomic E-state index is 12.8. The van der Waals surface area contributed by atoms with E-state index in [0.29, 0.717) is 22.6 Å². The van der Waals surface area contributed by atoms with E-state index in [1.165, 1.54) is 16.9 Å². The van der Waals surface area contributed by atoms with Crippen molar-refractivity contribution in [1.29, 1.82) is 0 Å². The van der Waals surface area contributed by atoms with Crippen molar-refractivity contribution in [1.82, 2.24) is 9.97 Å². The lowest BCUT2D eigenvalue weighted by molar-refractivity contribution is -0.137. The van der Waals surface area contributed by atoms with Gasteiger partial charge >= 0.3 is 6.18 Å². The molecule has 170 valence electrons. The van der Waals surface area contributed by atoms with Crippen LogP contribution in [0.3, 0.4) is 0 Å². The second kappa shape index (κ2) is 8.03. The van der Waals surface area contributed by atoms with Crippen LogP contribution in [0.15, 0.2) is 24.4 Å². The Kier molecular flexibility index (Phi) is 5.65. The molecule has 5 nitrogen and oxygen atoms in total. The number of alkyl halides is 3. The Hall–Kier alpha value is -2.68. The van der Waals surface area contributed by atoms with Gasteiger partial charge in [-0.15, -0.1) is 11.3 Å². The Morgan fingerprint density at radius 2 is 2.06 bits per heavy atom. The summed E-state index contributed by atoms with van der Waals surface area (Å²) in [6, 6.07) is 4.05. The van der Waals surface area contributed by atoms with Crippen LogP contribution in [0.2, 0.25) is 0 Å². The number of rotatable bonds is 4. The summed E-state index contributed by atoms with van der Waals surface area (Å²) in [5.74, 6) is 0.0742. The summed E-state index contributed by atoms with van der Waals surface area (Å²) in [4.78, 5) is 22.2. The van der Waals surface area contributed by atoms with Crippen molar-refractivity contribution in [2.45, 2.75) is 52.6 Å². The molecule has 9 heteroatoms. The first-order valence-corrected chi connectivity index (χ1v) is 11.4. The molecule has 1 atom stereocenters. The standard InChI is InChI=1S/C23H25F3N4OS/c1-4-22(2,3)13-5-7-16-12(9-13)10-15-18(27)19(32-21(15)29-16)20(31)30-17-8-6-14(11-28-17)23(24,25)26/h6,8,10-11,13H,4-5,7,9,27H2,1-3H3,(H,28,30,31). The summed E-state index contributed by atoms with van der Waals surface area (Å²) in [7, 11) is 0. The van der Waals surface area contributed by atoms with Crippen molar-refractivity contribution in [3.8, 4) is 0 Å². The zero-order chi connectivity index (χ0) is 23.3. The third-order valence-corrected chi connectivity index (χ3v) is 7.75. The molecule has 0 aliphatic heterocycles. The number of hydrogen-bond acceptors (Lipinski definition) is 5. The van der Waals surface area contributed by atoms with Crippen LogP contribution >= 0.6 is 11.3 Å². The Labute approximate surface area is 188 Å². The number of anilines is 2. The van der Waals surface area contributed by atoms with Crippen LogP contribution in [0.5, 0.6) is 0 Å². The zero-order valence-electron chi connectivity index (χ0n) is 18.1. The minimum atomic E-state index is -4.48. The maximum atomic E-state index is 12.8. The number of halogens is 3. The van der Waals surface area contributed by atoms with Crippen molar-refractivity contribution in [3.63, 3.8) is 0 Å². The van der Waals surface area contributed by atoms with E-state index >= 15 is 0 Å². The number of amides is 1. The minimum Gasteiger partial charge on any atom is -0.397 e. The number of pyridine rings is 2. The fraction of sp³-hybridized carbons (Fsp3) is 0.435. The molecule has 32 heavy (non-hydrogen) atoms. The first kappa shape index (κ1) is 22.5. The second-order valence-corrected chi connectivity index (χ2v) is 9.96. The molecule has 4 rings (SSSR count). The molecule has 3 aromatic rings. The highest BCUT2D eigenvalue weighted by Crippen LogP contribution is 2.42. The van der Waals surface area contributed by atoms with Crippen LogP contribution in [0.25, 0.3) is 10.2 Å². The van der Waals surface area contributed by atoms with E-state index in [2.05, 4.69) is 37.1 Å². The molecular weight excluding hydrogens is 437 g/mol. The highest BCUT2D eigenvalue weighted by molar-refractivity contribution is 7.21. The van der Waals surface area contributed by atoms with E-state index in [1.807, 2.05) is 0 Å². The second-order valence-electron chi connectivity index (χ2n) is 8.96. The molecule has 3 N–H and O–H groups in total. The number of nitrogens with two attached hydrogens (primary N) is 1. The first-order valence-electron chi connectivity index (χ1n) is 10.5. The van der Waals surface area contributed by atoms with Gasteiger partial charge in [-0.05, 0) is 54.4 Å². The smallest absolute Gasteiger partial charge is 0.397 e. The lowest BCUT2D eigenvalue weighted by atomic mass is 9.69. The summed E-state index contributed by atoms with van der Waals surface area (Å²) in [5.41, 5.74) is 8.22. The average molecular weight is 463 g/mol. The average Bonchev–Trinajstić information content (AvgIpc) is 3.07. The lowest BCUT2D eigenvalue weighted by Gasteiger charge is -2.36. The summed E-state index contributed by atoms with van der Waals surface area (Å²) in [5, 5.41) is 3.27. The van der Waals surface area contributed by atoms with Crippen LogP contribution < -0.4 is 11.1 Å².